The number of rotatable bonds is 6. The number of benzene rings is 1. The second-order valence-corrected chi connectivity index (χ2v) is 5.53. The molecule has 0 spiro atoms. The number of hydrogen-bond donors (Lipinski definition) is 1. The van der Waals surface area contributed by atoms with E-state index in [4.69, 9.17) is 15.7 Å². The van der Waals surface area contributed by atoms with Gasteiger partial charge in [-0.2, -0.15) is 5.26 Å². The van der Waals surface area contributed by atoms with E-state index in [1.165, 1.54) is 0 Å². The highest BCUT2D eigenvalue weighted by molar-refractivity contribution is 9.10. The van der Waals surface area contributed by atoms with Gasteiger partial charge in [-0.15, -0.1) is 0 Å². The van der Waals surface area contributed by atoms with Gasteiger partial charge in [-0.05, 0) is 34.1 Å². The maximum atomic E-state index is 8.83. The summed E-state index contributed by atoms with van der Waals surface area (Å²) in [5, 5.41) is 9.74. The molecule has 0 atom stereocenters. The predicted molar refractivity (Wildman–Crippen MR) is 88.2 cm³/mol. The number of aromatic nitrogens is 1. The minimum atomic E-state index is 0.451. The van der Waals surface area contributed by atoms with Crippen LogP contribution in [0, 0.1) is 11.3 Å². The van der Waals surface area contributed by atoms with Gasteiger partial charge in [0, 0.05) is 41.9 Å². The SMILES string of the molecule is COCCN(CCC#N)c1ccc(N)c2cc(Br)cnc12. The second-order valence-electron chi connectivity index (χ2n) is 4.61. The van der Waals surface area contributed by atoms with Crippen molar-refractivity contribution in [3.63, 3.8) is 0 Å². The molecule has 2 rings (SSSR count). The van der Waals surface area contributed by atoms with Crippen LogP contribution < -0.4 is 10.6 Å². The fraction of sp³-hybridized carbons (Fsp3) is 0.333. The number of methoxy groups -OCH3 is 1. The van der Waals surface area contributed by atoms with Crippen LogP contribution in [0.2, 0.25) is 0 Å². The standard InChI is InChI=1S/C15H17BrN4O/c1-21-8-7-20(6-2-5-17)14-4-3-13(18)12-9-11(16)10-19-15(12)14/h3-4,9-10H,2,6-8,18H2,1H3. The number of hydrogen-bond acceptors (Lipinski definition) is 5. The Morgan fingerprint density at radius 3 is 2.95 bits per heavy atom. The zero-order chi connectivity index (χ0) is 15.2. The third kappa shape index (κ3) is 3.63. The molecule has 0 saturated carbocycles. The summed E-state index contributed by atoms with van der Waals surface area (Å²) in [7, 11) is 1.67. The summed E-state index contributed by atoms with van der Waals surface area (Å²) < 4.78 is 6.04. The molecule has 0 aliphatic heterocycles. The Bertz CT molecular complexity index is 669. The quantitative estimate of drug-likeness (QED) is 0.812. The minimum Gasteiger partial charge on any atom is -0.398 e. The first kappa shape index (κ1) is 15.5. The minimum absolute atomic E-state index is 0.451. The van der Waals surface area contributed by atoms with E-state index in [9.17, 15) is 0 Å². The van der Waals surface area contributed by atoms with E-state index in [-0.39, 0.29) is 0 Å². The number of pyridine rings is 1. The van der Waals surface area contributed by atoms with Crippen LogP contribution in [-0.4, -0.2) is 31.8 Å². The number of nitriles is 1. The maximum absolute atomic E-state index is 8.83. The second kappa shape index (κ2) is 7.25. The van der Waals surface area contributed by atoms with Gasteiger partial charge in [-0.3, -0.25) is 4.98 Å². The van der Waals surface area contributed by atoms with Gasteiger partial charge in [-0.1, -0.05) is 0 Å². The van der Waals surface area contributed by atoms with Crippen LogP contribution >= 0.6 is 15.9 Å². The first-order valence-electron chi connectivity index (χ1n) is 6.62. The Labute approximate surface area is 132 Å². The van der Waals surface area contributed by atoms with E-state index in [0.717, 1.165) is 21.1 Å². The Morgan fingerprint density at radius 1 is 1.43 bits per heavy atom. The smallest absolute Gasteiger partial charge is 0.0956 e. The van der Waals surface area contributed by atoms with Gasteiger partial charge in [0.1, 0.15) is 0 Å². The first-order chi connectivity index (χ1) is 10.2. The molecule has 0 radical (unpaired) electrons. The van der Waals surface area contributed by atoms with Crippen LogP contribution in [0.25, 0.3) is 10.9 Å². The highest BCUT2D eigenvalue weighted by Crippen LogP contribution is 2.31. The van der Waals surface area contributed by atoms with Crippen molar-refractivity contribution in [1.82, 2.24) is 4.98 Å². The van der Waals surface area contributed by atoms with Crippen molar-refractivity contribution < 1.29 is 4.74 Å². The molecule has 0 saturated heterocycles. The normalized spacial score (nSPS) is 10.5. The number of anilines is 2. The number of nitrogens with zero attached hydrogens (tertiary/aromatic N) is 3. The van der Waals surface area contributed by atoms with Crippen molar-refractivity contribution in [2.45, 2.75) is 6.42 Å². The van der Waals surface area contributed by atoms with Crippen LogP contribution in [-0.2, 0) is 4.74 Å². The van der Waals surface area contributed by atoms with Gasteiger partial charge in [0.2, 0.25) is 0 Å². The molecule has 1 aromatic carbocycles. The summed E-state index contributed by atoms with van der Waals surface area (Å²) in [6.45, 7) is 1.93. The molecular formula is C15H17BrN4O. The third-order valence-electron chi connectivity index (χ3n) is 3.23. The lowest BCUT2D eigenvalue weighted by molar-refractivity contribution is 0.205. The Hall–Kier alpha value is -1.84. The van der Waals surface area contributed by atoms with Gasteiger partial charge in [0.25, 0.3) is 0 Å². The molecule has 6 heteroatoms. The summed E-state index contributed by atoms with van der Waals surface area (Å²) in [5.74, 6) is 0. The molecule has 0 unspecified atom stereocenters. The zero-order valence-corrected chi connectivity index (χ0v) is 13.4. The van der Waals surface area contributed by atoms with Crippen LogP contribution in [0.5, 0.6) is 0 Å². The first-order valence-corrected chi connectivity index (χ1v) is 7.41. The maximum Gasteiger partial charge on any atom is 0.0956 e. The summed E-state index contributed by atoms with van der Waals surface area (Å²) in [6, 6.07) is 7.96. The van der Waals surface area contributed by atoms with Gasteiger partial charge in [-0.25, -0.2) is 0 Å². The molecule has 0 bridgehead atoms. The van der Waals surface area contributed by atoms with Gasteiger partial charge in [0.15, 0.2) is 0 Å². The van der Waals surface area contributed by atoms with Crippen molar-refractivity contribution in [3.8, 4) is 6.07 Å². The fourth-order valence-corrected chi connectivity index (χ4v) is 2.53. The summed E-state index contributed by atoms with van der Waals surface area (Å²) in [4.78, 5) is 6.59. The Balaban J connectivity index is 2.46. The molecular weight excluding hydrogens is 332 g/mol. The molecule has 0 aliphatic rings. The molecule has 0 aliphatic carbocycles. The van der Waals surface area contributed by atoms with Crippen molar-refractivity contribution in [2.24, 2.45) is 0 Å². The highest BCUT2D eigenvalue weighted by Gasteiger charge is 2.13. The molecule has 5 nitrogen and oxygen atoms in total. The topological polar surface area (TPSA) is 75.2 Å². The van der Waals surface area contributed by atoms with E-state index in [0.29, 0.717) is 31.8 Å². The molecule has 1 aromatic heterocycles. The van der Waals surface area contributed by atoms with Gasteiger partial charge >= 0.3 is 0 Å². The lowest BCUT2D eigenvalue weighted by atomic mass is 10.1. The van der Waals surface area contributed by atoms with E-state index >= 15 is 0 Å². The molecule has 0 amide bonds. The molecule has 21 heavy (non-hydrogen) atoms. The van der Waals surface area contributed by atoms with Crippen LogP contribution in [0.15, 0.2) is 28.9 Å². The van der Waals surface area contributed by atoms with Gasteiger partial charge < -0.3 is 15.4 Å². The number of nitrogen functional groups attached to an aromatic ring is 1. The van der Waals surface area contributed by atoms with Crippen LogP contribution in [0.1, 0.15) is 6.42 Å². The predicted octanol–water partition coefficient (Wildman–Crippen LogP) is 2.95. The number of nitrogens with two attached hydrogens (primary N) is 1. The van der Waals surface area contributed by atoms with Gasteiger partial charge in [0.05, 0.1) is 30.3 Å². The molecule has 0 fully saturated rings. The Morgan fingerprint density at radius 2 is 2.24 bits per heavy atom. The number of fused-ring (bicyclic) bond motifs is 1. The van der Waals surface area contributed by atoms with Crippen molar-refractivity contribution >= 4 is 38.2 Å². The zero-order valence-electron chi connectivity index (χ0n) is 11.8. The van der Waals surface area contributed by atoms with Crippen LogP contribution in [0.4, 0.5) is 11.4 Å². The molecule has 1 heterocycles. The van der Waals surface area contributed by atoms with Crippen LogP contribution in [0.3, 0.4) is 0 Å². The number of ether oxygens (including phenoxy) is 1. The van der Waals surface area contributed by atoms with E-state index < -0.39 is 0 Å². The highest BCUT2D eigenvalue weighted by atomic mass is 79.9. The lowest BCUT2D eigenvalue weighted by Crippen LogP contribution is -2.28. The molecule has 2 N–H and O–H groups in total. The fourth-order valence-electron chi connectivity index (χ4n) is 2.20. The van der Waals surface area contributed by atoms with Crippen molar-refractivity contribution in [2.75, 3.05) is 37.4 Å². The summed E-state index contributed by atoms with van der Waals surface area (Å²) in [5.41, 5.74) is 8.54. The van der Waals surface area contributed by atoms with Crippen molar-refractivity contribution in [1.29, 1.82) is 5.26 Å². The van der Waals surface area contributed by atoms with E-state index in [2.05, 4.69) is 31.9 Å². The Kier molecular flexibility index (Phi) is 5.37. The monoisotopic (exact) mass is 348 g/mol. The van der Waals surface area contributed by atoms with E-state index in [1.54, 1.807) is 13.3 Å². The third-order valence-corrected chi connectivity index (χ3v) is 3.66. The average Bonchev–Trinajstić information content (AvgIpc) is 2.49. The van der Waals surface area contributed by atoms with Crippen molar-refractivity contribution in [3.05, 3.63) is 28.9 Å². The average molecular weight is 349 g/mol. The van der Waals surface area contributed by atoms with E-state index in [1.807, 2.05) is 18.2 Å². The summed E-state index contributed by atoms with van der Waals surface area (Å²) in [6.07, 6.45) is 2.20. The molecule has 110 valence electrons. The number of halogens is 1. The summed E-state index contributed by atoms with van der Waals surface area (Å²) >= 11 is 3.42. The lowest BCUT2D eigenvalue weighted by Gasteiger charge is -2.25. The molecule has 2 aromatic rings. The largest absolute Gasteiger partial charge is 0.398 e.